The highest BCUT2D eigenvalue weighted by Crippen LogP contribution is 2.51. The topological polar surface area (TPSA) is 82.3 Å². The van der Waals surface area contributed by atoms with Crippen LogP contribution >= 0.6 is 0 Å². The van der Waals surface area contributed by atoms with E-state index in [1.54, 1.807) is 32.9 Å². The first-order valence-corrected chi connectivity index (χ1v) is 6.50. The molecule has 0 bridgehead atoms. The van der Waals surface area contributed by atoms with Crippen LogP contribution in [0.1, 0.15) is 39.2 Å². The summed E-state index contributed by atoms with van der Waals surface area (Å²) in [5.41, 5.74) is -0.105. The van der Waals surface area contributed by atoms with Crippen molar-refractivity contribution < 1.29 is 14.6 Å². The number of nitriles is 1. The highest BCUT2D eigenvalue weighted by Gasteiger charge is 2.46. The van der Waals surface area contributed by atoms with E-state index in [0.29, 0.717) is 11.3 Å². The first kappa shape index (κ1) is 14.2. The molecule has 0 spiro atoms. The molecule has 5 nitrogen and oxygen atoms in total. The number of carbonyl (C=O) groups excluding carboxylic acids is 1. The Hall–Kier alpha value is -2.22. The Balaban J connectivity index is 2.17. The second-order valence-electron chi connectivity index (χ2n) is 6.05. The lowest BCUT2D eigenvalue weighted by Crippen LogP contribution is -2.27. The van der Waals surface area contributed by atoms with Gasteiger partial charge in [-0.05, 0) is 51.8 Å². The summed E-state index contributed by atoms with van der Waals surface area (Å²) in [4.78, 5) is 11.7. The molecule has 0 aromatic heterocycles. The minimum Gasteiger partial charge on any atom is -0.508 e. The summed E-state index contributed by atoms with van der Waals surface area (Å²) in [6.07, 6.45) is 0.899. The van der Waals surface area contributed by atoms with E-state index >= 15 is 0 Å². The van der Waals surface area contributed by atoms with Crippen molar-refractivity contribution >= 4 is 11.8 Å². The summed E-state index contributed by atoms with van der Waals surface area (Å²) in [7, 11) is 0. The average Bonchev–Trinajstić information content (AvgIpc) is 3.10. The number of amides is 1. The molecule has 1 aliphatic carbocycles. The molecule has 5 heteroatoms. The van der Waals surface area contributed by atoms with E-state index < -0.39 is 17.1 Å². The molecule has 1 aromatic rings. The third-order valence-electron chi connectivity index (χ3n) is 3.12. The second-order valence-corrected chi connectivity index (χ2v) is 6.05. The number of hydrogen-bond donors (Lipinski definition) is 2. The molecule has 0 aliphatic heterocycles. The fraction of sp³-hybridized carbons (Fsp3) is 0.467. The SMILES string of the molecule is CC(C)(C)OC(=O)Nc1ccc(O)c(C2(C#N)CC2)c1. The number of phenols is 1. The second kappa shape index (κ2) is 4.71. The highest BCUT2D eigenvalue weighted by atomic mass is 16.6. The molecule has 1 amide bonds. The van der Waals surface area contributed by atoms with Crippen molar-refractivity contribution in [2.24, 2.45) is 0 Å². The van der Waals surface area contributed by atoms with Gasteiger partial charge >= 0.3 is 6.09 Å². The van der Waals surface area contributed by atoms with Crippen molar-refractivity contribution in [3.8, 4) is 11.8 Å². The van der Waals surface area contributed by atoms with Gasteiger partial charge in [0.15, 0.2) is 0 Å². The van der Waals surface area contributed by atoms with Crippen LogP contribution in [0.25, 0.3) is 0 Å². The van der Waals surface area contributed by atoms with E-state index in [1.807, 2.05) is 0 Å². The minimum absolute atomic E-state index is 0.0822. The quantitative estimate of drug-likeness (QED) is 0.811. The van der Waals surface area contributed by atoms with Gasteiger partial charge in [0.25, 0.3) is 0 Å². The average molecular weight is 274 g/mol. The van der Waals surface area contributed by atoms with Crippen molar-refractivity contribution in [2.45, 2.75) is 44.6 Å². The normalized spacial score (nSPS) is 16.1. The number of ether oxygens (including phenoxy) is 1. The van der Waals surface area contributed by atoms with Gasteiger partial charge in [-0.2, -0.15) is 5.26 Å². The fourth-order valence-corrected chi connectivity index (χ4v) is 1.98. The Bertz CT molecular complexity index is 578. The van der Waals surface area contributed by atoms with Crippen LogP contribution in [0.5, 0.6) is 5.75 Å². The van der Waals surface area contributed by atoms with Crippen LogP contribution in [-0.4, -0.2) is 16.8 Å². The monoisotopic (exact) mass is 274 g/mol. The van der Waals surface area contributed by atoms with Gasteiger partial charge in [0.2, 0.25) is 0 Å². The molecular formula is C15H18N2O3. The summed E-state index contributed by atoms with van der Waals surface area (Å²) in [5, 5.41) is 21.7. The molecule has 2 N–H and O–H groups in total. The van der Waals surface area contributed by atoms with E-state index in [0.717, 1.165) is 12.8 Å². The number of hydrogen-bond acceptors (Lipinski definition) is 4. The first-order chi connectivity index (χ1) is 9.26. The van der Waals surface area contributed by atoms with Crippen molar-refractivity contribution in [1.29, 1.82) is 5.26 Å². The maximum absolute atomic E-state index is 11.7. The van der Waals surface area contributed by atoms with Gasteiger partial charge in [0.05, 0.1) is 11.5 Å². The van der Waals surface area contributed by atoms with Crippen LogP contribution in [0.15, 0.2) is 18.2 Å². The Kier molecular flexibility index (Phi) is 3.34. The number of anilines is 1. The van der Waals surface area contributed by atoms with Gasteiger partial charge in [-0.15, -0.1) is 0 Å². The molecule has 1 aliphatic rings. The predicted octanol–water partition coefficient (Wildman–Crippen LogP) is 3.29. The maximum Gasteiger partial charge on any atom is 0.412 e. The Morgan fingerprint density at radius 3 is 2.60 bits per heavy atom. The molecule has 0 saturated heterocycles. The lowest BCUT2D eigenvalue weighted by atomic mass is 9.96. The standard InChI is InChI=1S/C15H18N2O3/c1-14(2,3)20-13(19)17-10-4-5-12(18)11(8-10)15(9-16)6-7-15/h4-5,8,18H,6-7H2,1-3H3,(H,17,19). The smallest absolute Gasteiger partial charge is 0.412 e. The summed E-state index contributed by atoms with van der Waals surface area (Å²) < 4.78 is 5.16. The fourth-order valence-electron chi connectivity index (χ4n) is 1.98. The largest absolute Gasteiger partial charge is 0.508 e. The van der Waals surface area contributed by atoms with E-state index in [-0.39, 0.29) is 5.75 Å². The summed E-state index contributed by atoms with van der Waals surface area (Å²) in [6.45, 7) is 5.34. The molecule has 0 unspecified atom stereocenters. The van der Waals surface area contributed by atoms with Gasteiger partial charge in [-0.25, -0.2) is 4.79 Å². The van der Waals surface area contributed by atoms with E-state index in [4.69, 9.17) is 4.74 Å². The van der Waals surface area contributed by atoms with Gasteiger partial charge in [0.1, 0.15) is 11.4 Å². The molecule has 0 radical (unpaired) electrons. The molecule has 2 rings (SSSR count). The number of nitrogens with one attached hydrogen (secondary N) is 1. The summed E-state index contributed by atoms with van der Waals surface area (Å²) in [5.74, 6) is 0.0822. The summed E-state index contributed by atoms with van der Waals surface area (Å²) in [6, 6.07) is 6.92. The lowest BCUT2D eigenvalue weighted by molar-refractivity contribution is 0.0636. The van der Waals surface area contributed by atoms with E-state index in [9.17, 15) is 15.2 Å². The van der Waals surface area contributed by atoms with Crippen LogP contribution in [0, 0.1) is 11.3 Å². The number of rotatable bonds is 2. The van der Waals surface area contributed by atoms with Gasteiger partial charge < -0.3 is 9.84 Å². The third-order valence-corrected chi connectivity index (χ3v) is 3.12. The van der Waals surface area contributed by atoms with Crippen molar-refractivity contribution in [3.63, 3.8) is 0 Å². The van der Waals surface area contributed by atoms with Crippen molar-refractivity contribution in [3.05, 3.63) is 23.8 Å². The van der Waals surface area contributed by atoms with Crippen LogP contribution in [0.3, 0.4) is 0 Å². The zero-order chi connectivity index (χ0) is 15.0. The number of phenolic OH excluding ortho intramolecular Hbond substituents is 1. The Labute approximate surface area is 118 Å². The van der Waals surface area contributed by atoms with E-state index in [1.165, 1.54) is 6.07 Å². The first-order valence-electron chi connectivity index (χ1n) is 6.50. The number of carbonyl (C=O) groups is 1. The molecule has 1 aromatic carbocycles. The van der Waals surface area contributed by atoms with Gasteiger partial charge in [-0.3, -0.25) is 5.32 Å². The lowest BCUT2D eigenvalue weighted by Gasteiger charge is -2.20. The Morgan fingerprint density at radius 2 is 2.10 bits per heavy atom. The molecule has 0 heterocycles. The minimum atomic E-state index is -0.601. The zero-order valence-corrected chi connectivity index (χ0v) is 11.9. The van der Waals surface area contributed by atoms with Crippen LogP contribution in [-0.2, 0) is 10.2 Å². The molecule has 1 saturated carbocycles. The molecule has 20 heavy (non-hydrogen) atoms. The zero-order valence-electron chi connectivity index (χ0n) is 11.9. The predicted molar refractivity (Wildman–Crippen MR) is 74.5 cm³/mol. The van der Waals surface area contributed by atoms with E-state index in [2.05, 4.69) is 11.4 Å². The highest BCUT2D eigenvalue weighted by molar-refractivity contribution is 5.85. The molecule has 106 valence electrons. The third kappa shape index (κ3) is 3.02. The molecule has 0 atom stereocenters. The number of aromatic hydroxyl groups is 1. The molecule has 1 fully saturated rings. The summed E-state index contributed by atoms with van der Waals surface area (Å²) >= 11 is 0. The van der Waals surface area contributed by atoms with Crippen molar-refractivity contribution in [2.75, 3.05) is 5.32 Å². The number of nitrogens with zero attached hydrogens (tertiary/aromatic N) is 1. The number of benzene rings is 1. The van der Waals surface area contributed by atoms with Gasteiger partial charge in [-0.1, -0.05) is 0 Å². The van der Waals surface area contributed by atoms with Gasteiger partial charge in [0, 0.05) is 11.3 Å². The molecular weight excluding hydrogens is 256 g/mol. The van der Waals surface area contributed by atoms with Crippen molar-refractivity contribution in [1.82, 2.24) is 0 Å². The van der Waals surface area contributed by atoms with Crippen LogP contribution in [0.4, 0.5) is 10.5 Å². The van der Waals surface area contributed by atoms with Crippen LogP contribution < -0.4 is 5.32 Å². The Morgan fingerprint density at radius 1 is 1.45 bits per heavy atom. The van der Waals surface area contributed by atoms with Crippen LogP contribution in [0.2, 0.25) is 0 Å². The maximum atomic E-state index is 11.7.